The summed E-state index contributed by atoms with van der Waals surface area (Å²) in [4.78, 5) is 12.0. The van der Waals surface area contributed by atoms with E-state index in [0.29, 0.717) is 16.6 Å². The SMILES string of the molecule is C=C(CC)CC1(C)CCC2C(CCC3=CC(=O)CCC32C)C1CCC. The molecular weight excluding hydrogens is 304 g/mol. The molecule has 0 radical (unpaired) electrons. The quantitative estimate of drug-likeness (QED) is 0.498. The Labute approximate surface area is 155 Å². The Hall–Kier alpha value is -0.850. The fraction of sp³-hybridized carbons (Fsp3) is 0.792. The highest BCUT2D eigenvalue weighted by atomic mass is 16.1. The van der Waals surface area contributed by atoms with Gasteiger partial charge in [-0.15, -0.1) is 0 Å². The third kappa shape index (κ3) is 3.28. The van der Waals surface area contributed by atoms with Crippen LogP contribution in [0.4, 0.5) is 0 Å². The summed E-state index contributed by atoms with van der Waals surface area (Å²) in [6.45, 7) is 14.0. The van der Waals surface area contributed by atoms with Gasteiger partial charge in [0.2, 0.25) is 0 Å². The van der Waals surface area contributed by atoms with Crippen LogP contribution in [-0.2, 0) is 4.79 Å². The number of ketones is 1. The number of hydrogen-bond donors (Lipinski definition) is 0. The second-order valence-electron chi connectivity index (χ2n) is 9.73. The van der Waals surface area contributed by atoms with Crippen LogP contribution in [0.2, 0.25) is 0 Å². The Bertz CT molecular complexity index is 571. The molecule has 1 nitrogen and oxygen atoms in total. The Morgan fingerprint density at radius 2 is 1.96 bits per heavy atom. The summed E-state index contributed by atoms with van der Waals surface area (Å²) in [5, 5.41) is 0. The van der Waals surface area contributed by atoms with Gasteiger partial charge in [-0.25, -0.2) is 0 Å². The molecule has 3 aliphatic rings. The van der Waals surface area contributed by atoms with E-state index >= 15 is 0 Å². The minimum Gasteiger partial charge on any atom is -0.295 e. The van der Waals surface area contributed by atoms with Gasteiger partial charge in [0.1, 0.15) is 0 Å². The summed E-state index contributed by atoms with van der Waals surface area (Å²) in [6.07, 6.45) is 14.0. The number of hydrogen-bond acceptors (Lipinski definition) is 1. The van der Waals surface area contributed by atoms with E-state index in [4.69, 9.17) is 0 Å². The van der Waals surface area contributed by atoms with Gasteiger partial charge < -0.3 is 0 Å². The van der Waals surface area contributed by atoms with Crippen molar-refractivity contribution in [1.82, 2.24) is 0 Å². The van der Waals surface area contributed by atoms with Gasteiger partial charge in [0.25, 0.3) is 0 Å². The summed E-state index contributed by atoms with van der Waals surface area (Å²) in [6, 6.07) is 0. The molecule has 3 rings (SSSR count). The summed E-state index contributed by atoms with van der Waals surface area (Å²) >= 11 is 0. The Balaban J connectivity index is 1.90. The van der Waals surface area contributed by atoms with Gasteiger partial charge in [0.05, 0.1) is 0 Å². The smallest absolute Gasteiger partial charge is 0.155 e. The lowest BCUT2D eigenvalue weighted by atomic mass is 9.46. The van der Waals surface area contributed by atoms with Crippen molar-refractivity contribution in [1.29, 1.82) is 0 Å². The monoisotopic (exact) mass is 342 g/mol. The molecule has 0 amide bonds. The molecule has 0 aromatic heterocycles. The van der Waals surface area contributed by atoms with E-state index in [9.17, 15) is 4.79 Å². The molecule has 3 aliphatic carbocycles. The van der Waals surface area contributed by atoms with Gasteiger partial charge in [-0.05, 0) is 86.0 Å². The molecule has 0 aromatic carbocycles. The molecule has 5 atom stereocenters. The Morgan fingerprint density at radius 3 is 2.64 bits per heavy atom. The maximum absolute atomic E-state index is 12.0. The number of carbonyl (C=O) groups is 1. The standard InChI is InChI=1S/C24H38O/c1-6-8-21-20-10-9-18-15-19(25)11-14-24(18,5)22(20)12-13-23(21,4)16-17(3)7-2/h15,20-22H,3,6-14,16H2,1-2,4-5H3. The second kappa shape index (κ2) is 7.05. The van der Waals surface area contributed by atoms with Gasteiger partial charge in [-0.1, -0.05) is 51.8 Å². The van der Waals surface area contributed by atoms with Gasteiger partial charge in [0.15, 0.2) is 5.78 Å². The van der Waals surface area contributed by atoms with E-state index < -0.39 is 0 Å². The maximum Gasteiger partial charge on any atom is 0.155 e. The minimum atomic E-state index is 0.298. The summed E-state index contributed by atoms with van der Waals surface area (Å²) in [5.41, 5.74) is 3.66. The molecule has 2 saturated carbocycles. The van der Waals surface area contributed by atoms with E-state index in [2.05, 4.69) is 34.3 Å². The molecule has 2 fully saturated rings. The number of carbonyl (C=O) groups excluding carboxylic acids is 1. The first-order valence-electron chi connectivity index (χ1n) is 10.7. The highest BCUT2D eigenvalue weighted by molar-refractivity contribution is 5.91. The maximum atomic E-state index is 12.0. The van der Waals surface area contributed by atoms with Crippen molar-refractivity contribution in [2.75, 3.05) is 0 Å². The average molecular weight is 343 g/mol. The first kappa shape index (κ1) is 18.9. The van der Waals surface area contributed by atoms with E-state index in [0.717, 1.165) is 43.4 Å². The van der Waals surface area contributed by atoms with Crippen LogP contribution in [0, 0.1) is 28.6 Å². The van der Waals surface area contributed by atoms with Crippen LogP contribution in [0.25, 0.3) is 0 Å². The van der Waals surface area contributed by atoms with Crippen molar-refractivity contribution >= 4 is 5.78 Å². The van der Waals surface area contributed by atoms with Crippen LogP contribution in [0.5, 0.6) is 0 Å². The van der Waals surface area contributed by atoms with Crippen LogP contribution < -0.4 is 0 Å². The summed E-state index contributed by atoms with van der Waals surface area (Å²) < 4.78 is 0. The van der Waals surface area contributed by atoms with Crippen LogP contribution in [0.15, 0.2) is 23.8 Å². The van der Waals surface area contributed by atoms with E-state index in [1.54, 1.807) is 0 Å². The molecule has 1 heteroatoms. The van der Waals surface area contributed by atoms with Crippen molar-refractivity contribution in [2.45, 2.75) is 91.9 Å². The first-order chi connectivity index (χ1) is 11.8. The predicted molar refractivity (Wildman–Crippen MR) is 106 cm³/mol. The molecule has 0 bridgehead atoms. The average Bonchev–Trinajstić information content (AvgIpc) is 2.58. The molecule has 0 heterocycles. The van der Waals surface area contributed by atoms with Crippen molar-refractivity contribution in [3.63, 3.8) is 0 Å². The molecule has 0 spiro atoms. The van der Waals surface area contributed by atoms with Crippen molar-refractivity contribution < 1.29 is 4.79 Å². The number of allylic oxidation sites excluding steroid dienone is 3. The third-order valence-corrected chi connectivity index (χ3v) is 8.23. The van der Waals surface area contributed by atoms with E-state index in [-0.39, 0.29) is 0 Å². The lowest BCUT2D eigenvalue weighted by Crippen LogP contribution is -2.50. The fourth-order valence-electron chi connectivity index (χ4n) is 6.74. The molecule has 0 aliphatic heterocycles. The highest BCUT2D eigenvalue weighted by Gasteiger charge is 2.54. The highest BCUT2D eigenvalue weighted by Crippen LogP contribution is 2.63. The number of rotatable bonds is 5. The normalized spacial score (nSPS) is 40.9. The number of fused-ring (bicyclic) bond motifs is 3. The molecule has 5 unspecified atom stereocenters. The van der Waals surface area contributed by atoms with Crippen LogP contribution in [-0.4, -0.2) is 5.78 Å². The topological polar surface area (TPSA) is 17.1 Å². The van der Waals surface area contributed by atoms with Gasteiger partial charge in [-0.3, -0.25) is 4.79 Å². The lowest BCUT2D eigenvalue weighted by Gasteiger charge is -2.59. The van der Waals surface area contributed by atoms with Crippen LogP contribution >= 0.6 is 0 Å². The minimum absolute atomic E-state index is 0.298. The molecule has 0 saturated heterocycles. The van der Waals surface area contributed by atoms with Gasteiger partial charge in [0, 0.05) is 6.42 Å². The zero-order valence-corrected chi connectivity index (χ0v) is 17.0. The van der Waals surface area contributed by atoms with Gasteiger partial charge >= 0.3 is 0 Å². The van der Waals surface area contributed by atoms with Gasteiger partial charge in [-0.2, -0.15) is 0 Å². The molecular formula is C24H38O. The van der Waals surface area contributed by atoms with Crippen molar-refractivity contribution in [3.05, 3.63) is 23.8 Å². The molecule has 25 heavy (non-hydrogen) atoms. The molecule has 0 aromatic rings. The van der Waals surface area contributed by atoms with Crippen LogP contribution in [0.1, 0.15) is 91.9 Å². The van der Waals surface area contributed by atoms with E-state index in [1.165, 1.54) is 49.7 Å². The lowest BCUT2D eigenvalue weighted by molar-refractivity contribution is -0.117. The predicted octanol–water partition coefficient (Wildman–Crippen LogP) is 6.88. The van der Waals surface area contributed by atoms with E-state index in [1.807, 2.05) is 6.08 Å². The molecule has 140 valence electrons. The summed E-state index contributed by atoms with van der Waals surface area (Å²) in [7, 11) is 0. The fourth-order valence-corrected chi connectivity index (χ4v) is 6.74. The third-order valence-electron chi connectivity index (χ3n) is 8.23. The first-order valence-corrected chi connectivity index (χ1v) is 10.7. The Kier molecular flexibility index (Phi) is 5.33. The second-order valence-corrected chi connectivity index (χ2v) is 9.73. The van der Waals surface area contributed by atoms with Crippen molar-refractivity contribution in [3.8, 4) is 0 Å². The molecule has 0 N–H and O–H groups in total. The Morgan fingerprint density at radius 1 is 1.20 bits per heavy atom. The zero-order valence-electron chi connectivity index (χ0n) is 17.0. The van der Waals surface area contributed by atoms with Crippen molar-refractivity contribution in [2.24, 2.45) is 28.6 Å². The zero-order chi connectivity index (χ0) is 18.2. The largest absolute Gasteiger partial charge is 0.295 e. The summed E-state index contributed by atoms with van der Waals surface area (Å²) in [5.74, 6) is 2.84. The van der Waals surface area contributed by atoms with Crippen LogP contribution in [0.3, 0.4) is 0 Å².